The maximum Gasteiger partial charge on any atom is 0.341 e. The molecule has 6 nitrogen and oxygen atoms in total. The molecule has 3 aromatic rings. The van der Waals surface area contributed by atoms with E-state index in [-0.39, 0.29) is 0 Å². The number of esters is 1. The summed E-state index contributed by atoms with van der Waals surface area (Å²) in [6.45, 7) is 2.52. The van der Waals surface area contributed by atoms with Crippen LogP contribution in [0.2, 0.25) is 0 Å². The fourth-order valence-electron chi connectivity index (χ4n) is 2.34. The van der Waals surface area contributed by atoms with Crippen LogP contribution < -0.4 is 4.74 Å². The van der Waals surface area contributed by atoms with Crippen LogP contribution in [0.4, 0.5) is 0 Å². The Kier molecular flexibility index (Phi) is 5.80. The van der Waals surface area contributed by atoms with Gasteiger partial charge >= 0.3 is 5.97 Å². The Labute approximate surface area is 155 Å². The average Bonchev–Trinajstić information content (AvgIpc) is 3.31. The van der Waals surface area contributed by atoms with Crippen molar-refractivity contribution in [1.29, 1.82) is 0 Å². The second kappa shape index (κ2) is 8.44. The SMILES string of the molecule is CCOC(=O)/C(=C/c1ccc(OCc2cscn2)cc1)c1nccn1C. The Balaban J connectivity index is 1.78. The molecule has 134 valence electrons. The van der Waals surface area contributed by atoms with Crippen molar-refractivity contribution in [1.82, 2.24) is 14.5 Å². The standard InChI is InChI=1S/C19H19N3O3S/c1-3-24-19(23)17(18-20-8-9-22(18)2)10-14-4-6-16(7-5-14)25-11-15-12-26-13-21-15/h4-10,12-13H,3,11H2,1-2H3/b17-10+. The van der Waals surface area contributed by atoms with Crippen molar-refractivity contribution in [3.63, 3.8) is 0 Å². The van der Waals surface area contributed by atoms with Crippen LogP contribution in [0.1, 0.15) is 24.0 Å². The summed E-state index contributed by atoms with van der Waals surface area (Å²) in [5.74, 6) is 0.905. The molecule has 0 amide bonds. The van der Waals surface area contributed by atoms with Gasteiger partial charge in [0.25, 0.3) is 0 Å². The van der Waals surface area contributed by atoms with E-state index in [1.54, 1.807) is 35.5 Å². The zero-order chi connectivity index (χ0) is 18.4. The van der Waals surface area contributed by atoms with Gasteiger partial charge in [-0.05, 0) is 30.7 Å². The third kappa shape index (κ3) is 4.37. The van der Waals surface area contributed by atoms with Crippen LogP contribution in [0, 0.1) is 0 Å². The predicted octanol–water partition coefficient (Wildman–Crippen LogP) is 3.56. The van der Waals surface area contributed by atoms with Crippen LogP contribution in [0.25, 0.3) is 11.6 Å². The molecule has 3 rings (SSSR count). The molecular formula is C19H19N3O3S. The lowest BCUT2D eigenvalue weighted by atomic mass is 10.1. The van der Waals surface area contributed by atoms with Crippen molar-refractivity contribution in [3.05, 3.63) is 64.6 Å². The van der Waals surface area contributed by atoms with Crippen molar-refractivity contribution >= 4 is 29.0 Å². The first-order valence-corrected chi connectivity index (χ1v) is 9.08. The molecule has 0 saturated carbocycles. The number of ether oxygens (including phenoxy) is 2. The number of carbonyl (C=O) groups is 1. The fourth-order valence-corrected chi connectivity index (χ4v) is 2.88. The number of hydrogen-bond donors (Lipinski definition) is 0. The lowest BCUT2D eigenvalue weighted by Gasteiger charge is -2.08. The van der Waals surface area contributed by atoms with Crippen LogP contribution in [0.15, 0.2) is 47.5 Å². The fraction of sp³-hybridized carbons (Fsp3) is 0.211. The normalized spacial score (nSPS) is 11.4. The molecule has 0 aliphatic heterocycles. The van der Waals surface area contributed by atoms with Crippen molar-refractivity contribution in [3.8, 4) is 5.75 Å². The molecule has 26 heavy (non-hydrogen) atoms. The van der Waals surface area contributed by atoms with E-state index in [0.717, 1.165) is 17.0 Å². The minimum atomic E-state index is -0.398. The number of hydrogen-bond acceptors (Lipinski definition) is 6. The molecule has 0 fully saturated rings. The zero-order valence-electron chi connectivity index (χ0n) is 14.6. The molecule has 1 aromatic carbocycles. The number of imidazole rings is 1. The number of thiazole rings is 1. The topological polar surface area (TPSA) is 66.2 Å². The van der Waals surface area contributed by atoms with Gasteiger partial charge in [-0.1, -0.05) is 12.1 Å². The maximum absolute atomic E-state index is 12.3. The highest BCUT2D eigenvalue weighted by Gasteiger charge is 2.17. The summed E-state index contributed by atoms with van der Waals surface area (Å²) in [5, 5.41) is 1.95. The smallest absolute Gasteiger partial charge is 0.341 e. The Morgan fingerprint density at radius 1 is 1.27 bits per heavy atom. The van der Waals surface area contributed by atoms with Gasteiger partial charge in [0.15, 0.2) is 0 Å². The number of aryl methyl sites for hydroxylation is 1. The second-order valence-corrected chi connectivity index (χ2v) is 6.20. The molecule has 0 radical (unpaired) electrons. The summed E-state index contributed by atoms with van der Waals surface area (Å²) in [7, 11) is 1.84. The van der Waals surface area contributed by atoms with Crippen LogP contribution in [0.5, 0.6) is 5.75 Å². The molecule has 0 saturated heterocycles. The van der Waals surface area contributed by atoms with Gasteiger partial charge in [-0.25, -0.2) is 14.8 Å². The third-order valence-corrected chi connectivity index (χ3v) is 4.25. The monoisotopic (exact) mass is 369 g/mol. The van der Waals surface area contributed by atoms with Crippen molar-refractivity contribution in [2.75, 3.05) is 6.61 Å². The lowest BCUT2D eigenvalue weighted by molar-refractivity contribution is -0.136. The Morgan fingerprint density at radius 3 is 2.69 bits per heavy atom. The number of rotatable bonds is 7. The van der Waals surface area contributed by atoms with E-state index in [2.05, 4.69) is 9.97 Å². The molecule has 2 heterocycles. The van der Waals surface area contributed by atoms with Crippen molar-refractivity contribution in [2.45, 2.75) is 13.5 Å². The minimum absolute atomic E-state index is 0.310. The van der Waals surface area contributed by atoms with E-state index < -0.39 is 5.97 Å². The van der Waals surface area contributed by atoms with E-state index in [0.29, 0.717) is 24.6 Å². The zero-order valence-corrected chi connectivity index (χ0v) is 15.4. The molecule has 0 atom stereocenters. The van der Waals surface area contributed by atoms with Gasteiger partial charge in [-0.15, -0.1) is 11.3 Å². The molecule has 7 heteroatoms. The maximum atomic E-state index is 12.3. The first-order chi connectivity index (χ1) is 12.7. The molecule has 0 unspecified atom stereocenters. The van der Waals surface area contributed by atoms with Crippen molar-refractivity contribution in [2.24, 2.45) is 7.05 Å². The molecule has 0 bridgehead atoms. The second-order valence-electron chi connectivity index (χ2n) is 5.48. The lowest BCUT2D eigenvalue weighted by Crippen LogP contribution is -2.10. The van der Waals surface area contributed by atoms with Gasteiger partial charge in [-0.3, -0.25) is 0 Å². The van der Waals surface area contributed by atoms with Gasteiger partial charge in [0.05, 0.1) is 17.8 Å². The van der Waals surface area contributed by atoms with Gasteiger partial charge in [0.2, 0.25) is 0 Å². The molecule has 0 aliphatic carbocycles. The number of nitrogens with zero attached hydrogens (tertiary/aromatic N) is 3. The van der Waals surface area contributed by atoms with E-state index in [1.807, 2.05) is 36.7 Å². The summed E-state index contributed by atoms with van der Waals surface area (Å²) < 4.78 is 12.7. The summed E-state index contributed by atoms with van der Waals surface area (Å²) in [6.07, 6.45) is 5.21. The van der Waals surface area contributed by atoms with Gasteiger partial charge < -0.3 is 14.0 Å². The van der Waals surface area contributed by atoms with E-state index in [4.69, 9.17) is 9.47 Å². The molecule has 0 N–H and O–H groups in total. The van der Waals surface area contributed by atoms with Crippen LogP contribution >= 0.6 is 11.3 Å². The van der Waals surface area contributed by atoms with Gasteiger partial charge in [0, 0.05) is 24.8 Å². The summed E-state index contributed by atoms with van der Waals surface area (Å²) in [4.78, 5) is 20.8. The van der Waals surface area contributed by atoms with E-state index >= 15 is 0 Å². The largest absolute Gasteiger partial charge is 0.487 e. The van der Waals surface area contributed by atoms with Gasteiger partial charge in [0.1, 0.15) is 23.8 Å². The Hall–Kier alpha value is -2.93. The van der Waals surface area contributed by atoms with Crippen LogP contribution in [0.3, 0.4) is 0 Å². The molecule has 2 aromatic heterocycles. The van der Waals surface area contributed by atoms with Gasteiger partial charge in [-0.2, -0.15) is 0 Å². The Morgan fingerprint density at radius 2 is 2.08 bits per heavy atom. The number of aromatic nitrogens is 3. The summed E-state index contributed by atoms with van der Waals surface area (Å²) in [6, 6.07) is 7.50. The molecule has 0 spiro atoms. The highest BCUT2D eigenvalue weighted by atomic mass is 32.1. The van der Waals surface area contributed by atoms with Crippen LogP contribution in [-0.2, 0) is 23.2 Å². The summed E-state index contributed by atoms with van der Waals surface area (Å²) >= 11 is 1.54. The van der Waals surface area contributed by atoms with E-state index in [9.17, 15) is 4.79 Å². The van der Waals surface area contributed by atoms with Crippen molar-refractivity contribution < 1.29 is 14.3 Å². The quantitative estimate of drug-likeness (QED) is 0.471. The number of benzene rings is 1. The average molecular weight is 369 g/mol. The van der Waals surface area contributed by atoms with E-state index in [1.165, 1.54) is 11.3 Å². The first kappa shape index (κ1) is 17.9. The third-order valence-electron chi connectivity index (χ3n) is 3.62. The highest BCUT2D eigenvalue weighted by Crippen LogP contribution is 2.21. The molecule has 0 aliphatic rings. The first-order valence-electron chi connectivity index (χ1n) is 8.14. The predicted molar refractivity (Wildman–Crippen MR) is 101 cm³/mol. The number of carbonyl (C=O) groups excluding carboxylic acids is 1. The molecular weight excluding hydrogens is 350 g/mol. The summed E-state index contributed by atoms with van der Waals surface area (Å²) in [5.41, 5.74) is 3.95. The van der Waals surface area contributed by atoms with Crippen LogP contribution in [-0.4, -0.2) is 27.1 Å². The minimum Gasteiger partial charge on any atom is -0.487 e. The highest BCUT2D eigenvalue weighted by molar-refractivity contribution is 7.07. The Bertz CT molecular complexity index is 883.